The van der Waals surface area contributed by atoms with Crippen molar-refractivity contribution in [2.24, 2.45) is 0 Å². The van der Waals surface area contributed by atoms with Gasteiger partial charge in [0, 0.05) is 37.6 Å². The van der Waals surface area contributed by atoms with Gasteiger partial charge in [0.1, 0.15) is 0 Å². The second-order valence-electron chi connectivity index (χ2n) is 5.76. The van der Waals surface area contributed by atoms with Crippen LogP contribution in [-0.4, -0.2) is 50.4 Å². The van der Waals surface area contributed by atoms with E-state index in [1.165, 1.54) is 24.5 Å². The monoisotopic (exact) mass is 432 g/mol. The molecule has 7 nitrogen and oxygen atoms in total. The number of benzene rings is 1. The number of carbonyl (C=O) groups excluding carboxylic acids is 1. The molecule has 27 heavy (non-hydrogen) atoms. The normalized spacial score (nSPS) is 14.3. The number of amides is 1. The van der Waals surface area contributed by atoms with Crippen molar-refractivity contribution in [2.75, 3.05) is 30.9 Å². The number of anilines is 1. The SMILES string of the molecule is Cl.Cl.O=C(c1ccc(S(=O)(=O)Nc2ccncc2)cc1)N1CCCNCC1. The van der Waals surface area contributed by atoms with Gasteiger partial charge < -0.3 is 10.2 Å². The molecular formula is C17H22Cl2N4O3S. The topological polar surface area (TPSA) is 91.4 Å². The van der Waals surface area contributed by atoms with Crippen LogP contribution in [0.1, 0.15) is 16.8 Å². The maximum atomic E-state index is 12.5. The number of nitrogens with one attached hydrogen (secondary N) is 2. The van der Waals surface area contributed by atoms with Crippen molar-refractivity contribution in [1.29, 1.82) is 0 Å². The van der Waals surface area contributed by atoms with Crippen LogP contribution >= 0.6 is 24.8 Å². The molecule has 2 aromatic rings. The van der Waals surface area contributed by atoms with E-state index in [0.717, 1.165) is 19.5 Å². The molecule has 0 aliphatic carbocycles. The lowest BCUT2D eigenvalue weighted by Gasteiger charge is -2.20. The summed E-state index contributed by atoms with van der Waals surface area (Å²) in [6.07, 6.45) is 3.93. The van der Waals surface area contributed by atoms with Crippen molar-refractivity contribution in [2.45, 2.75) is 11.3 Å². The molecule has 0 unspecified atom stereocenters. The molecule has 1 saturated heterocycles. The lowest BCUT2D eigenvalue weighted by atomic mass is 10.2. The minimum Gasteiger partial charge on any atom is -0.337 e. The van der Waals surface area contributed by atoms with Crippen molar-refractivity contribution in [1.82, 2.24) is 15.2 Å². The summed E-state index contributed by atoms with van der Waals surface area (Å²) in [7, 11) is -3.70. The highest BCUT2D eigenvalue weighted by Crippen LogP contribution is 2.17. The number of carbonyl (C=O) groups is 1. The van der Waals surface area contributed by atoms with Crippen LogP contribution in [0.5, 0.6) is 0 Å². The number of pyridine rings is 1. The lowest BCUT2D eigenvalue weighted by Crippen LogP contribution is -2.34. The fourth-order valence-corrected chi connectivity index (χ4v) is 3.70. The molecule has 1 aromatic carbocycles. The number of halogens is 2. The fourth-order valence-electron chi connectivity index (χ4n) is 2.64. The Labute approximate surface area is 171 Å². The van der Waals surface area contributed by atoms with Gasteiger partial charge in [-0.2, -0.15) is 0 Å². The van der Waals surface area contributed by atoms with E-state index in [-0.39, 0.29) is 35.6 Å². The van der Waals surface area contributed by atoms with Crippen molar-refractivity contribution in [3.05, 3.63) is 54.4 Å². The van der Waals surface area contributed by atoms with Crippen molar-refractivity contribution < 1.29 is 13.2 Å². The Morgan fingerprint density at radius 3 is 2.33 bits per heavy atom. The van der Waals surface area contributed by atoms with Crippen molar-refractivity contribution in [3.8, 4) is 0 Å². The lowest BCUT2D eigenvalue weighted by molar-refractivity contribution is 0.0766. The van der Waals surface area contributed by atoms with Crippen LogP contribution in [-0.2, 0) is 10.0 Å². The van der Waals surface area contributed by atoms with E-state index < -0.39 is 10.0 Å². The van der Waals surface area contributed by atoms with Gasteiger partial charge in [-0.1, -0.05) is 0 Å². The summed E-state index contributed by atoms with van der Waals surface area (Å²) >= 11 is 0. The third-order valence-corrected chi connectivity index (χ3v) is 5.37. The largest absolute Gasteiger partial charge is 0.337 e. The summed E-state index contributed by atoms with van der Waals surface area (Å²) in [6, 6.07) is 9.16. The minimum absolute atomic E-state index is 0. The molecule has 1 amide bonds. The molecule has 1 aromatic heterocycles. The molecule has 2 N–H and O–H groups in total. The van der Waals surface area contributed by atoms with Gasteiger partial charge in [-0.15, -0.1) is 24.8 Å². The maximum absolute atomic E-state index is 12.5. The van der Waals surface area contributed by atoms with Crippen LogP contribution < -0.4 is 10.0 Å². The van der Waals surface area contributed by atoms with Gasteiger partial charge in [-0.3, -0.25) is 14.5 Å². The first kappa shape index (κ1) is 23.2. The standard InChI is InChI=1S/C17H20N4O3S.2ClH/c22-17(21-12-1-8-18-11-13-21)14-2-4-16(5-3-14)25(23,24)20-15-6-9-19-10-7-15;;/h2-7,9-10,18H,1,8,11-13H2,(H,19,20);2*1H. The van der Waals surface area contributed by atoms with Crippen LogP contribution in [0.3, 0.4) is 0 Å². The smallest absolute Gasteiger partial charge is 0.261 e. The minimum atomic E-state index is -3.70. The molecule has 0 spiro atoms. The summed E-state index contributed by atoms with van der Waals surface area (Å²) in [4.78, 5) is 18.3. The third-order valence-electron chi connectivity index (χ3n) is 3.97. The van der Waals surface area contributed by atoms with E-state index in [1.54, 1.807) is 29.2 Å². The second kappa shape index (κ2) is 10.5. The van der Waals surface area contributed by atoms with E-state index in [0.29, 0.717) is 24.3 Å². The predicted octanol–water partition coefficient (Wildman–Crippen LogP) is 2.16. The predicted molar refractivity (Wildman–Crippen MR) is 109 cm³/mol. The Hall–Kier alpha value is -1.87. The van der Waals surface area contributed by atoms with Crippen LogP contribution in [0.2, 0.25) is 0 Å². The number of hydrogen-bond acceptors (Lipinski definition) is 5. The zero-order valence-corrected chi connectivity index (χ0v) is 16.9. The third kappa shape index (κ3) is 6.07. The quantitative estimate of drug-likeness (QED) is 0.771. The molecule has 0 atom stereocenters. The molecule has 0 saturated carbocycles. The average molecular weight is 433 g/mol. The molecule has 1 fully saturated rings. The number of hydrogen-bond donors (Lipinski definition) is 2. The van der Waals surface area contributed by atoms with Crippen LogP contribution in [0.4, 0.5) is 5.69 Å². The number of rotatable bonds is 4. The van der Waals surface area contributed by atoms with Crippen molar-refractivity contribution in [3.63, 3.8) is 0 Å². The molecule has 0 radical (unpaired) electrons. The molecule has 1 aliphatic heterocycles. The maximum Gasteiger partial charge on any atom is 0.261 e. The molecule has 1 aliphatic rings. The van der Waals surface area contributed by atoms with Gasteiger partial charge in [-0.25, -0.2) is 8.42 Å². The van der Waals surface area contributed by atoms with Crippen LogP contribution in [0.25, 0.3) is 0 Å². The first-order chi connectivity index (χ1) is 12.1. The van der Waals surface area contributed by atoms with Crippen LogP contribution in [0.15, 0.2) is 53.7 Å². The summed E-state index contributed by atoms with van der Waals surface area (Å²) in [5.74, 6) is -0.0743. The van der Waals surface area contributed by atoms with Gasteiger partial charge in [0.2, 0.25) is 0 Å². The molecule has 148 valence electrons. The fraction of sp³-hybridized carbons (Fsp3) is 0.294. The van der Waals surface area contributed by atoms with E-state index in [2.05, 4.69) is 15.0 Å². The van der Waals surface area contributed by atoms with Gasteiger partial charge in [0.25, 0.3) is 15.9 Å². The number of nitrogens with zero attached hydrogens (tertiary/aromatic N) is 2. The van der Waals surface area contributed by atoms with Crippen molar-refractivity contribution >= 4 is 46.4 Å². The van der Waals surface area contributed by atoms with E-state index >= 15 is 0 Å². The zero-order valence-electron chi connectivity index (χ0n) is 14.5. The molecule has 3 rings (SSSR count). The first-order valence-electron chi connectivity index (χ1n) is 8.09. The summed E-state index contributed by atoms with van der Waals surface area (Å²) in [5.41, 5.74) is 0.928. The van der Waals surface area contributed by atoms with E-state index in [4.69, 9.17) is 0 Å². The highest BCUT2D eigenvalue weighted by Gasteiger charge is 2.19. The zero-order chi connectivity index (χ0) is 17.7. The highest BCUT2D eigenvalue weighted by molar-refractivity contribution is 7.92. The molecule has 10 heteroatoms. The molecule has 0 bridgehead atoms. The first-order valence-corrected chi connectivity index (χ1v) is 9.57. The average Bonchev–Trinajstić information content (AvgIpc) is 2.91. The number of aromatic nitrogens is 1. The Bertz CT molecular complexity index is 825. The van der Waals surface area contributed by atoms with Gasteiger partial charge in [0.05, 0.1) is 10.6 Å². The van der Waals surface area contributed by atoms with E-state index in [1.807, 2.05) is 0 Å². The Morgan fingerprint density at radius 2 is 1.67 bits per heavy atom. The van der Waals surface area contributed by atoms with Gasteiger partial charge in [0.15, 0.2) is 0 Å². The van der Waals surface area contributed by atoms with E-state index in [9.17, 15) is 13.2 Å². The van der Waals surface area contributed by atoms with Gasteiger partial charge >= 0.3 is 0 Å². The molecular weight excluding hydrogens is 411 g/mol. The summed E-state index contributed by atoms with van der Waals surface area (Å²) < 4.78 is 27.3. The molecule has 2 heterocycles. The second-order valence-corrected chi connectivity index (χ2v) is 7.44. The Balaban J connectivity index is 0.00000182. The van der Waals surface area contributed by atoms with Gasteiger partial charge in [-0.05, 0) is 49.4 Å². The highest BCUT2D eigenvalue weighted by atomic mass is 35.5. The summed E-state index contributed by atoms with van der Waals surface area (Å²) in [5, 5.41) is 3.25. The van der Waals surface area contributed by atoms with Crippen LogP contribution in [0, 0.1) is 0 Å². The summed E-state index contributed by atoms with van der Waals surface area (Å²) in [6.45, 7) is 3.04. The Kier molecular flexibility index (Phi) is 8.98. The Morgan fingerprint density at radius 1 is 1.00 bits per heavy atom. The number of sulfonamides is 1.